The molecule has 0 heterocycles. The molecule has 2 aromatic carbocycles. The molecule has 0 aliphatic heterocycles. The smallest absolute Gasteiger partial charge is 0.321 e. The third-order valence-electron chi connectivity index (χ3n) is 2.96. The molecule has 1 atom stereocenters. The molecule has 0 saturated carbocycles. The van der Waals surface area contributed by atoms with E-state index in [4.69, 9.17) is 10.8 Å². The number of benzene rings is 2. The van der Waals surface area contributed by atoms with Gasteiger partial charge in [0.2, 0.25) is 0 Å². The van der Waals surface area contributed by atoms with Crippen LogP contribution in [0.4, 0.5) is 0 Å². The van der Waals surface area contributed by atoms with Crippen molar-refractivity contribution in [3.63, 3.8) is 0 Å². The maximum absolute atomic E-state index is 10.8. The highest BCUT2D eigenvalue weighted by Crippen LogP contribution is 2.35. The predicted molar refractivity (Wildman–Crippen MR) is 82.8 cm³/mol. The number of nitrogens with two attached hydrogens (primary N) is 1. The molecule has 0 fully saturated rings. The zero-order valence-electron chi connectivity index (χ0n) is 11.0. The van der Waals surface area contributed by atoms with Crippen LogP contribution in [0, 0.1) is 0 Å². The lowest BCUT2D eigenvalue weighted by Gasteiger charge is -2.18. The molecule has 104 valence electrons. The molecular weight excluding hydrogens is 270 g/mol. The van der Waals surface area contributed by atoms with Crippen LogP contribution < -0.4 is 5.73 Å². The largest absolute Gasteiger partial charge is 0.480 e. The van der Waals surface area contributed by atoms with Crippen molar-refractivity contribution in [3.8, 4) is 0 Å². The third-order valence-corrected chi connectivity index (χ3v) is 4.39. The molecule has 3 N–H and O–H groups in total. The lowest BCUT2D eigenvalue weighted by molar-refractivity contribution is -0.137. The van der Waals surface area contributed by atoms with E-state index in [9.17, 15) is 4.79 Å². The van der Waals surface area contributed by atoms with Gasteiger partial charge in [0.15, 0.2) is 0 Å². The minimum absolute atomic E-state index is 0.0998. The Morgan fingerprint density at radius 1 is 1.00 bits per heavy atom. The number of hydrogen-bond donors (Lipinski definition) is 2. The lowest BCUT2D eigenvalue weighted by Crippen LogP contribution is -2.32. The zero-order chi connectivity index (χ0) is 14.4. The van der Waals surface area contributed by atoms with Gasteiger partial charge >= 0.3 is 5.97 Å². The van der Waals surface area contributed by atoms with Gasteiger partial charge in [0.05, 0.1) is 5.25 Å². The molecule has 20 heavy (non-hydrogen) atoms. The number of rotatable bonds is 6. The monoisotopic (exact) mass is 287 g/mol. The molecule has 0 amide bonds. The Labute approximate surface area is 122 Å². The van der Waals surface area contributed by atoms with Crippen LogP contribution in [-0.2, 0) is 4.79 Å². The normalized spacial score (nSPS) is 12.3. The van der Waals surface area contributed by atoms with Gasteiger partial charge in [-0.2, -0.15) is 0 Å². The van der Waals surface area contributed by atoms with Crippen molar-refractivity contribution in [1.82, 2.24) is 0 Å². The Morgan fingerprint density at radius 3 is 1.85 bits per heavy atom. The summed E-state index contributed by atoms with van der Waals surface area (Å²) in [6, 6.07) is 19.3. The first-order valence-corrected chi connectivity index (χ1v) is 7.43. The van der Waals surface area contributed by atoms with Crippen molar-refractivity contribution >= 4 is 17.7 Å². The van der Waals surface area contributed by atoms with E-state index >= 15 is 0 Å². The molecule has 0 bridgehead atoms. The number of carboxylic acids is 1. The summed E-state index contributed by atoms with van der Waals surface area (Å²) < 4.78 is 0. The fraction of sp³-hybridized carbons (Fsp3) is 0.188. The average Bonchev–Trinajstić information content (AvgIpc) is 2.49. The van der Waals surface area contributed by atoms with Crippen LogP contribution in [-0.4, -0.2) is 22.9 Å². The van der Waals surface area contributed by atoms with Crippen molar-refractivity contribution in [2.45, 2.75) is 11.3 Å². The third kappa shape index (κ3) is 3.85. The number of hydrogen-bond acceptors (Lipinski definition) is 3. The van der Waals surface area contributed by atoms with E-state index < -0.39 is 12.0 Å². The summed E-state index contributed by atoms with van der Waals surface area (Å²) in [4.78, 5) is 10.8. The van der Waals surface area contributed by atoms with Crippen molar-refractivity contribution in [1.29, 1.82) is 0 Å². The molecule has 0 saturated heterocycles. The highest BCUT2D eigenvalue weighted by atomic mass is 32.2. The average molecular weight is 287 g/mol. The minimum atomic E-state index is -0.961. The minimum Gasteiger partial charge on any atom is -0.480 e. The SMILES string of the molecule is N[C@@H](CSC(c1ccccc1)c1ccccc1)C(=O)O. The molecule has 2 rings (SSSR count). The molecule has 3 nitrogen and oxygen atoms in total. The maximum Gasteiger partial charge on any atom is 0.321 e. The number of thioether (sulfide) groups is 1. The van der Waals surface area contributed by atoms with Crippen LogP contribution >= 0.6 is 11.8 Å². The summed E-state index contributed by atoms with van der Waals surface area (Å²) in [6.45, 7) is 0. The Bertz CT molecular complexity index is 505. The van der Waals surface area contributed by atoms with Crippen LogP contribution in [0.15, 0.2) is 60.7 Å². The quantitative estimate of drug-likeness (QED) is 0.857. The van der Waals surface area contributed by atoms with E-state index in [1.54, 1.807) is 11.8 Å². The van der Waals surface area contributed by atoms with Gasteiger partial charge in [-0.25, -0.2) is 0 Å². The van der Waals surface area contributed by atoms with Crippen LogP contribution in [0.3, 0.4) is 0 Å². The second-order valence-electron chi connectivity index (χ2n) is 4.48. The first-order valence-electron chi connectivity index (χ1n) is 6.38. The summed E-state index contributed by atoms with van der Waals surface area (Å²) in [6.07, 6.45) is 0. The van der Waals surface area contributed by atoms with Crippen molar-refractivity contribution in [2.24, 2.45) is 5.73 Å². The molecule has 0 aliphatic carbocycles. The van der Waals surface area contributed by atoms with E-state index in [-0.39, 0.29) is 5.25 Å². The lowest BCUT2D eigenvalue weighted by atomic mass is 10.0. The van der Waals surface area contributed by atoms with Crippen molar-refractivity contribution in [2.75, 3.05) is 5.75 Å². The number of carboxylic acid groups (broad SMARTS) is 1. The summed E-state index contributed by atoms with van der Waals surface area (Å²) in [5, 5.41) is 9.00. The van der Waals surface area contributed by atoms with Gasteiger partial charge in [0, 0.05) is 5.75 Å². The van der Waals surface area contributed by atoms with E-state index in [2.05, 4.69) is 24.3 Å². The van der Waals surface area contributed by atoms with Gasteiger partial charge in [-0.1, -0.05) is 60.7 Å². The Kier molecular flexibility index (Phi) is 5.21. The number of aliphatic carboxylic acids is 1. The second-order valence-corrected chi connectivity index (χ2v) is 5.62. The fourth-order valence-corrected chi connectivity index (χ4v) is 3.15. The molecule has 0 aromatic heterocycles. The van der Waals surface area contributed by atoms with Gasteiger partial charge in [-0.05, 0) is 11.1 Å². The first kappa shape index (κ1) is 14.6. The standard InChI is InChI=1S/C16H17NO2S/c17-14(16(18)19)11-20-15(12-7-3-1-4-8-12)13-9-5-2-6-10-13/h1-10,14-15H,11,17H2,(H,18,19)/t14-/m0/s1. The Hall–Kier alpha value is -1.78. The Morgan fingerprint density at radius 2 is 1.45 bits per heavy atom. The molecular formula is C16H17NO2S. The van der Waals surface area contributed by atoms with Crippen LogP contribution in [0.2, 0.25) is 0 Å². The van der Waals surface area contributed by atoms with Gasteiger partial charge in [-0.3, -0.25) is 4.79 Å². The van der Waals surface area contributed by atoms with E-state index in [1.807, 2.05) is 36.4 Å². The van der Waals surface area contributed by atoms with Crippen molar-refractivity contribution in [3.05, 3.63) is 71.8 Å². The highest BCUT2D eigenvalue weighted by Gasteiger charge is 2.18. The molecule has 0 aliphatic rings. The van der Waals surface area contributed by atoms with Gasteiger partial charge in [0.1, 0.15) is 6.04 Å². The van der Waals surface area contributed by atoms with E-state index in [1.165, 1.54) is 0 Å². The molecule has 0 spiro atoms. The first-order chi connectivity index (χ1) is 9.68. The summed E-state index contributed by atoms with van der Waals surface area (Å²) in [5.41, 5.74) is 7.91. The molecule has 0 radical (unpaired) electrons. The van der Waals surface area contributed by atoms with Crippen LogP contribution in [0.5, 0.6) is 0 Å². The van der Waals surface area contributed by atoms with Gasteiger partial charge in [-0.15, -0.1) is 11.8 Å². The van der Waals surface area contributed by atoms with E-state index in [0.717, 1.165) is 11.1 Å². The van der Waals surface area contributed by atoms with Crippen LogP contribution in [0.25, 0.3) is 0 Å². The topological polar surface area (TPSA) is 63.3 Å². The fourth-order valence-electron chi connectivity index (χ4n) is 1.91. The maximum atomic E-state index is 10.8. The number of carbonyl (C=O) groups is 1. The second kappa shape index (κ2) is 7.12. The van der Waals surface area contributed by atoms with Crippen LogP contribution in [0.1, 0.15) is 16.4 Å². The molecule has 0 unspecified atom stereocenters. The highest BCUT2D eigenvalue weighted by molar-refractivity contribution is 7.99. The molecule has 4 heteroatoms. The molecule has 2 aromatic rings. The van der Waals surface area contributed by atoms with Gasteiger partial charge < -0.3 is 10.8 Å². The summed E-state index contributed by atoms with van der Waals surface area (Å²) >= 11 is 1.56. The summed E-state index contributed by atoms with van der Waals surface area (Å²) in [7, 11) is 0. The summed E-state index contributed by atoms with van der Waals surface area (Å²) in [5.74, 6) is -0.582. The van der Waals surface area contributed by atoms with E-state index in [0.29, 0.717) is 5.75 Å². The Balaban J connectivity index is 2.19. The zero-order valence-corrected chi connectivity index (χ0v) is 11.8. The van der Waals surface area contributed by atoms with Gasteiger partial charge in [0.25, 0.3) is 0 Å². The van der Waals surface area contributed by atoms with Crippen molar-refractivity contribution < 1.29 is 9.90 Å². The predicted octanol–water partition coefficient (Wildman–Crippen LogP) is 2.92.